The number of halogens is 1. The van der Waals surface area contributed by atoms with E-state index in [9.17, 15) is 4.79 Å². The number of hydrogen-bond donors (Lipinski definition) is 0. The van der Waals surface area contributed by atoms with Crippen LogP contribution in [0.1, 0.15) is 30.8 Å². The molecule has 0 unspecified atom stereocenters. The van der Waals surface area contributed by atoms with Gasteiger partial charge in [-0.05, 0) is 20.3 Å². The first-order valence-electron chi connectivity index (χ1n) is 5.41. The highest BCUT2D eigenvalue weighted by Crippen LogP contribution is 2.07. The van der Waals surface area contributed by atoms with Crippen LogP contribution < -0.4 is 0 Å². The minimum Gasteiger partial charge on any atom is -0.340 e. The van der Waals surface area contributed by atoms with E-state index in [1.165, 1.54) is 0 Å². The number of aromatic nitrogens is 2. The first-order valence-corrected chi connectivity index (χ1v) is 6.53. The Balaban J connectivity index is 2.74. The Morgan fingerprint density at radius 3 is 2.75 bits per heavy atom. The van der Waals surface area contributed by atoms with E-state index in [2.05, 4.69) is 20.9 Å². The van der Waals surface area contributed by atoms with Gasteiger partial charge in [-0.3, -0.25) is 4.79 Å². The predicted molar refractivity (Wildman–Crippen MR) is 67.8 cm³/mol. The third-order valence-corrected chi connectivity index (χ3v) is 2.90. The van der Waals surface area contributed by atoms with Crippen molar-refractivity contribution in [3.8, 4) is 0 Å². The number of aryl methyl sites for hydroxylation is 1. The quantitative estimate of drug-likeness (QED) is 0.778. The van der Waals surface area contributed by atoms with Crippen molar-refractivity contribution in [2.24, 2.45) is 7.05 Å². The normalized spacial score (nSPS) is 10.8. The van der Waals surface area contributed by atoms with Crippen LogP contribution in [0.3, 0.4) is 0 Å². The van der Waals surface area contributed by atoms with Gasteiger partial charge in [0.05, 0.1) is 6.33 Å². The van der Waals surface area contributed by atoms with Crippen molar-refractivity contribution in [1.29, 1.82) is 0 Å². The monoisotopic (exact) mass is 287 g/mol. The lowest BCUT2D eigenvalue weighted by atomic mass is 10.2. The highest BCUT2D eigenvalue weighted by atomic mass is 79.9. The van der Waals surface area contributed by atoms with Gasteiger partial charge >= 0.3 is 0 Å². The average molecular weight is 288 g/mol. The summed E-state index contributed by atoms with van der Waals surface area (Å²) in [6.45, 7) is 4.81. The van der Waals surface area contributed by atoms with Gasteiger partial charge in [-0.15, -0.1) is 0 Å². The minimum atomic E-state index is 0.0107. The molecule has 0 saturated heterocycles. The molecule has 4 nitrogen and oxygen atoms in total. The highest BCUT2D eigenvalue weighted by Gasteiger charge is 2.19. The van der Waals surface area contributed by atoms with E-state index in [0.29, 0.717) is 5.69 Å². The summed E-state index contributed by atoms with van der Waals surface area (Å²) in [6.07, 6.45) is 4.36. The molecule has 0 N–H and O–H groups in total. The zero-order chi connectivity index (χ0) is 12.1. The Morgan fingerprint density at radius 2 is 2.31 bits per heavy atom. The van der Waals surface area contributed by atoms with Gasteiger partial charge in [-0.25, -0.2) is 4.98 Å². The van der Waals surface area contributed by atoms with Crippen LogP contribution in [-0.2, 0) is 7.05 Å². The zero-order valence-electron chi connectivity index (χ0n) is 9.98. The van der Waals surface area contributed by atoms with Crippen LogP contribution >= 0.6 is 15.9 Å². The minimum absolute atomic E-state index is 0.0107. The molecule has 0 bridgehead atoms. The van der Waals surface area contributed by atoms with Crippen LogP contribution in [0.2, 0.25) is 0 Å². The molecule has 1 rings (SSSR count). The van der Waals surface area contributed by atoms with Crippen LogP contribution in [0.5, 0.6) is 0 Å². The van der Waals surface area contributed by atoms with Gasteiger partial charge in [-0.1, -0.05) is 15.9 Å². The summed E-state index contributed by atoms with van der Waals surface area (Å²) in [6, 6.07) is 0.202. The van der Waals surface area contributed by atoms with Crippen LogP contribution in [0.15, 0.2) is 12.5 Å². The fraction of sp³-hybridized carbons (Fsp3) is 0.636. The second kappa shape index (κ2) is 6.03. The Hall–Kier alpha value is -0.840. The average Bonchev–Trinajstić information content (AvgIpc) is 2.64. The summed E-state index contributed by atoms with van der Waals surface area (Å²) in [5, 5.41) is 0.908. The molecule has 1 aromatic heterocycles. The van der Waals surface area contributed by atoms with Gasteiger partial charge in [0.25, 0.3) is 5.91 Å². The molecule has 16 heavy (non-hydrogen) atoms. The van der Waals surface area contributed by atoms with Crippen molar-refractivity contribution in [3.05, 3.63) is 18.2 Å². The molecule has 0 aromatic carbocycles. The van der Waals surface area contributed by atoms with E-state index < -0.39 is 0 Å². The maximum absolute atomic E-state index is 12.1. The Bertz CT molecular complexity index is 349. The summed E-state index contributed by atoms with van der Waals surface area (Å²) in [5.74, 6) is 0.0107. The molecule has 1 heterocycles. The summed E-state index contributed by atoms with van der Waals surface area (Å²) < 4.78 is 1.79. The predicted octanol–water partition coefficient (Wildman–Crippen LogP) is 2.06. The van der Waals surface area contributed by atoms with E-state index in [1.807, 2.05) is 25.8 Å². The van der Waals surface area contributed by atoms with E-state index in [4.69, 9.17) is 0 Å². The molecule has 0 radical (unpaired) electrons. The van der Waals surface area contributed by atoms with E-state index in [-0.39, 0.29) is 11.9 Å². The second-order valence-electron chi connectivity index (χ2n) is 4.06. The second-order valence-corrected chi connectivity index (χ2v) is 4.85. The maximum atomic E-state index is 12.1. The molecule has 5 heteroatoms. The van der Waals surface area contributed by atoms with Crippen molar-refractivity contribution in [2.45, 2.75) is 26.3 Å². The standard InChI is InChI=1S/C11H18BrN3O/c1-9(2)15(6-4-5-12)11(16)10-7-14(3)8-13-10/h7-9H,4-6H2,1-3H3. The molecular weight excluding hydrogens is 270 g/mol. The van der Waals surface area contributed by atoms with Crippen molar-refractivity contribution < 1.29 is 4.79 Å². The fourth-order valence-corrected chi connectivity index (χ4v) is 1.75. The zero-order valence-corrected chi connectivity index (χ0v) is 11.6. The molecule has 0 aliphatic heterocycles. The third kappa shape index (κ3) is 3.33. The Labute approximate surface area is 105 Å². The van der Waals surface area contributed by atoms with Crippen LogP contribution in [0.4, 0.5) is 0 Å². The number of carbonyl (C=O) groups excluding carboxylic acids is 1. The summed E-state index contributed by atoms with van der Waals surface area (Å²) in [5.41, 5.74) is 0.519. The van der Waals surface area contributed by atoms with Crippen molar-refractivity contribution in [2.75, 3.05) is 11.9 Å². The van der Waals surface area contributed by atoms with Crippen molar-refractivity contribution >= 4 is 21.8 Å². The SMILES string of the molecule is CC(C)N(CCCBr)C(=O)c1cn(C)cn1. The smallest absolute Gasteiger partial charge is 0.274 e. The summed E-state index contributed by atoms with van der Waals surface area (Å²) >= 11 is 3.38. The van der Waals surface area contributed by atoms with Crippen LogP contribution in [0, 0.1) is 0 Å². The number of imidazole rings is 1. The lowest BCUT2D eigenvalue weighted by molar-refractivity contribution is 0.0701. The molecule has 0 fully saturated rings. The fourth-order valence-electron chi connectivity index (χ4n) is 1.49. The number of rotatable bonds is 5. The molecule has 1 aromatic rings. The number of amides is 1. The van der Waals surface area contributed by atoms with E-state index in [1.54, 1.807) is 17.1 Å². The first-order chi connectivity index (χ1) is 7.56. The largest absolute Gasteiger partial charge is 0.340 e. The van der Waals surface area contributed by atoms with Gasteiger partial charge < -0.3 is 9.47 Å². The van der Waals surface area contributed by atoms with Gasteiger partial charge in [-0.2, -0.15) is 0 Å². The summed E-state index contributed by atoms with van der Waals surface area (Å²) in [4.78, 5) is 18.1. The molecular formula is C11H18BrN3O. The van der Waals surface area contributed by atoms with Gasteiger partial charge in [0.1, 0.15) is 5.69 Å². The molecule has 0 aliphatic rings. The van der Waals surface area contributed by atoms with Gasteiger partial charge in [0.2, 0.25) is 0 Å². The van der Waals surface area contributed by atoms with Crippen molar-refractivity contribution in [3.63, 3.8) is 0 Å². The number of nitrogens with zero attached hydrogens (tertiary/aromatic N) is 3. The van der Waals surface area contributed by atoms with E-state index in [0.717, 1.165) is 18.3 Å². The van der Waals surface area contributed by atoms with Gasteiger partial charge in [0, 0.05) is 31.2 Å². The molecule has 0 aliphatic carbocycles. The number of hydrogen-bond acceptors (Lipinski definition) is 2. The molecule has 0 saturated carbocycles. The van der Waals surface area contributed by atoms with Gasteiger partial charge in [0.15, 0.2) is 0 Å². The lowest BCUT2D eigenvalue weighted by Gasteiger charge is -2.25. The van der Waals surface area contributed by atoms with Crippen molar-refractivity contribution in [1.82, 2.24) is 14.5 Å². The number of alkyl halides is 1. The molecule has 0 atom stereocenters. The third-order valence-electron chi connectivity index (χ3n) is 2.34. The molecule has 90 valence electrons. The topological polar surface area (TPSA) is 38.1 Å². The molecule has 1 amide bonds. The lowest BCUT2D eigenvalue weighted by Crippen LogP contribution is -2.38. The number of carbonyl (C=O) groups is 1. The maximum Gasteiger partial charge on any atom is 0.274 e. The Kier molecular flexibility index (Phi) is 4.99. The summed E-state index contributed by atoms with van der Waals surface area (Å²) in [7, 11) is 1.86. The highest BCUT2D eigenvalue weighted by molar-refractivity contribution is 9.09. The van der Waals surface area contributed by atoms with Crippen LogP contribution in [0.25, 0.3) is 0 Å². The van der Waals surface area contributed by atoms with Crippen LogP contribution in [-0.4, -0.2) is 38.3 Å². The van der Waals surface area contributed by atoms with E-state index >= 15 is 0 Å². The first kappa shape index (κ1) is 13.2. The Morgan fingerprint density at radius 1 is 1.62 bits per heavy atom. The molecule has 0 spiro atoms.